The van der Waals surface area contributed by atoms with Crippen molar-refractivity contribution >= 4 is 17.5 Å². The normalized spacial score (nSPS) is 10.5. The van der Waals surface area contributed by atoms with Crippen molar-refractivity contribution in [3.63, 3.8) is 0 Å². The first-order valence-corrected chi connectivity index (χ1v) is 9.90. The van der Waals surface area contributed by atoms with Crippen molar-refractivity contribution < 1.29 is 18.9 Å². The van der Waals surface area contributed by atoms with Crippen molar-refractivity contribution in [3.8, 4) is 5.69 Å². The number of nitro groups is 1. The summed E-state index contributed by atoms with van der Waals surface area (Å²) in [4.78, 5) is 47.5. The van der Waals surface area contributed by atoms with E-state index in [-0.39, 0.29) is 36.8 Å². The van der Waals surface area contributed by atoms with E-state index in [2.05, 4.69) is 15.7 Å². The van der Waals surface area contributed by atoms with Gasteiger partial charge in [0.1, 0.15) is 11.5 Å². The van der Waals surface area contributed by atoms with Crippen LogP contribution in [-0.2, 0) is 11.2 Å². The number of carbonyl (C=O) groups excluding carboxylic acids is 2. The number of rotatable bonds is 8. The molecular weight excluding hydrogens is 433 g/mol. The van der Waals surface area contributed by atoms with Crippen molar-refractivity contribution in [2.24, 2.45) is 0 Å². The van der Waals surface area contributed by atoms with Crippen LogP contribution in [0.5, 0.6) is 0 Å². The first kappa shape index (κ1) is 23.3. The lowest BCUT2D eigenvalue weighted by Gasteiger charge is -2.12. The Morgan fingerprint density at radius 2 is 1.82 bits per heavy atom. The summed E-state index contributed by atoms with van der Waals surface area (Å²) in [5.41, 5.74) is -0.381. The molecule has 0 aliphatic carbocycles. The van der Waals surface area contributed by atoms with E-state index in [0.717, 1.165) is 4.68 Å². The van der Waals surface area contributed by atoms with Gasteiger partial charge in [-0.3, -0.25) is 24.5 Å². The molecule has 0 fully saturated rings. The second kappa shape index (κ2) is 10.3. The van der Waals surface area contributed by atoms with Gasteiger partial charge >= 0.3 is 0 Å². The molecule has 170 valence electrons. The van der Waals surface area contributed by atoms with Gasteiger partial charge in [0.25, 0.3) is 11.6 Å². The van der Waals surface area contributed by atoms with E-state index < -0.39 is 27.8 Å². The zero-order valence-electron chi connectivity index (χ0n) is 17.6. The van der Waals surface area contributed by atoms with Crippen LogP contribution in [0.15, 0.2) is 59.4 Å². The van der Waals surface area contributed by atoms with Gasteiger partial charge in [-0.1, -0.05) is 24.3 Å². The number of aromatic nitrogens is 2. The molecule has 11 heteroatoms. The molecule has 0 saturated heterocycles. The number of nitro benzene ring substituents is 1. The maximum Gasteiger partial charge on any atom is 0.294 e. The fourth-order valence-electron chi connectivity index (χ4n) is 3.10. The summed E-state index contributed by atoms with van der Waals surface area (Å²) in [6.45, 7) is 1.62. The highest BCUT2D eigenvalue weighted by molar-refractivity contribution is 5.92. The summed E-state index contributed by atoms with van der Waals surface area (Å²) in [7, 11) is 0. The van der Waals surface area contributed by atoms with Gasteiger partial charge in [0.05, 0.1) is 11.3 Å². The van der Waals surface area contributed by atoms with Crippen molar-refractivity contribution in [1.82, 2.24) is 20.4 Å². The molecule has 0 unspecified atom stereocenters. The molecule has 3 aromatic rings. The molecular formula is C22H20FN5O5. The Labute approximate surface area is 187 Å². The third-order valence-electron chi connectivity index (χ3n) is 4.62. The Morgan fingerprint density at radius 3 is 2.55 bits per heavy atom. The smallest absolute Gasteiger partial charge is 0.294 e. The second-order valence-corrected chi connectivity index (χ2v) is 7.07. The third kappa shape index (κ3) is 5.85. The number of carbonyl (C=O) groups is 2. The van der Waals surface area contributed by atoms with Crippen LogP contribution in [0.2, 0.25) is 0 Å². The Kier molecular flexibility index (Phi) is 7.24. The summed E-state index contributed by atoms with van der Waals surface area (Å²) < 4.78 is 14.3. The third-order valence-corrected chi connectivity index (χ3v) is 4.62. The van der Waals surface area contributed by atoms with Crippen molar-refractivity contribution in [2.45, 2.75) is 13.3 Å². The van der Waals surface area contributed by atoms with Crippen LogP contribution in [0.1, 0.15) is 21.7 Å². The fourth-order valence-corrected chi connectivity index (χ4v) is 3.10. The molecule has 33 heavy (non-hydrogen) atoms. The largest absolute Gasteiger partial charge is 0.354 e. The molecule has 0 aliphatic heterocycles. The molecule has 2 amide bonds. The van der Waals surface area contributed by atoms with Gasteiger partial charge in [-0.15, -0.1) is 0 Å². The Bertz CT molecular complexity index is 1270. The van der Waals surface area contributed by atoms with Gasteiger partial charge in [-0.25, -0.2) is 9.07 Å². The molecule has 1 heterocycles. The molecule has 0 aliphatic rings. The number of nitrogens with zero attached hydrogens (tertiary/aromatic N) is 3. The van der Waals surface area contributed by atoms with Crippen LogP contribution >= 0.6 is 0 Å². The average molecular weight is 453 g/mol. The van der Waals surface area contributed by atoms with Gasteiger partial charge in [-0.05, 0) is 30.7 Å². The van der Waals surface area contributed by atoms with Crippen molar-refractivity contribution in [1.29, 1.82) is 0 Å². The SMILES string of the molecule is Cc1cc(=O)c(C(=O)NCCNC(=O)Cc2cccc(F)c2)nn1-c1ccccc1[N+](=O)[O-]. The van der Waals surface area contributed by atoms with E-state index in [1.165, 1.54) is 42.5 Å². The molecule has 10 nitrogen and oxygen atoms in total. The Balaban J connectivity index is 1.65. The summed E-state index contributed by atoms with van der Waals surface area (Å²) in [6, 6.07) is 12.6. The molecule has 0 bridgehead atoms. The predicted octanol–water partition coefficient (Wildman–Crippen LogP) is 1.68. The van der Waals surface area contributed by atoms with E-state index in [1.54, 1.807) is 19.1 Å². The summed E-state index contributed by atoms with van der Waals surface area (Å²) >= 11 is 0. The highest BCUT2D eigenvalue weighted by atomic mass is 19.1. The zero-order chi connectivity index (χ0) is 24.0. The molecule has 0 saturated carbocycles. The monoisotopic (exact) mass is 453 g/mol. The van der Waals surface area contributed by atoms with Crippen LogP contribution in [-0.4, -0.2) is 39.6 Å². The van der Waals surface area contributed by atoms with Crippen LogP contribution in [0, 0.1) is 22.9 Å². The molecule has 2 N–H and O–H groups in total. The lowest BCUT2D eigenvalue weighted by molar-refractivity contribution is -0.384. The number of aryl methyl sites for hydroxylation is 1. The average Bonchev–Trinajstić information content (AvgIpc) is 2.76. The fraction of sp³-hybridized carbons (Fsp3) is 0.182. The van der Waals surface area contributed by atoms with Gasteiger partial charge in [0, 0.05) is 30.9 Å². The highest BCUT2D eigenvalue weighted by Gasteiger charge is 2.20. The molecule has 0 atom stereocenters. The van der Waals surface area contributed by atoms with Crippen LogP contribution in [0.25, 0.3) is 5.69 Å². The number of hydrogen-bond acceptors (Lipinski definition) is 6. The minimum Gasteiger partial charge on any atom is -0.354 e. The number of amides is 2. The molecule has 0 spiro atoms. The van der Waals surface area contributed by atoms with Gasteiger partial charge in [0.15, 0.2) is 5.69 Å². The maximum atomic E-state index is 13.2. The van der Waals surface area contributed by atoms with E-state index >= 15 is 0 Å². The van der Waals surface area contributed by atoms with Crippen LogP contribution in [0.3, 0.4) is 0 Å². The zero-order valence-corrected chi connectivity index (χ0v) is 17.6. The molecule has 3 rings (SSSR count). The van der Waals surface area contributed by atoms with Crippen molar-refractivity contribution in [2.75, 3.05) is 13.1 Å². The topological polar surface area (TPSA) is 136 Å². The first-order valence-electron chi connectivity index (χ1n) is 9.90. The van der Waals surface area contributed by atoms with Crippen LogP contribution in [0.4, 0.5) is 10.1 Å². The number of halogens is 1. The lowest BCUT2D eigenvalue weighted by Crippen LogP contribution is -2.38. The summed E-state index contributed by atoms with van der Waals surface area (Å²) in [6.07, 6.45) is -0.0220. The maximum absolute atomic E-state index is 13.2. The van der Waals surface area contributed by atoms with Crippen molar-refractivity contribution in [3.05, 3.63) is 97.7 Å². The van der Waals surface area contributed by atoms with E-state index in [4.69, 9.17) is 0 Å². The first-order chi connectivity index (χ1) is 15.8. The number of hydrogen-bond donors (Lipinski definition) is 2. The summed E-state index contributed by atoms with van der Waals surface area (Å²) in [5.74, 6) is -1.58. The second-order valence-electron chi connectivity index (χ2n) is 7.07. The van der Waals surface area contributed by atoms with Gasteiger partial charge < -0.3 is 10.6 Å². The molecule has 0 radical (unpaired) electrons. The minimum absolute atomic E-state index is 0.00814. The quantitative estimate of drug-likeness (QED) is 0.303. The summed E-state index contributed by atoms with van der Waals surface area (Å²) in [5, 5.41) is 20.4. The Morgan fingerprint density at radius 1 is 1.09 bits per heavy atom. The molecule has 2 aromatic carbocycles. The van der Waals surface area contributed by atoms with E-state index in [1.807, 2.05) is 0 Å². The number of benzene rings is 2. The Hall–Kier alpha value is -4.41. The van der Waals surface area contributed by atoms with E-state index in [9.17, 15) is 28.9 Å². The number of para-hydroxylation sites is 2. The van der Waals surface area contributed by atoms with Gasteiger partial charge in [0.2, 0.25) is 11.3 Å². The predicted molar refractivity (Wildman–Crippen MR) is 117 cm³/mol. The minimum atomic E-state index is -0.785. The van der Waals surface area contributed by atoms with Crippen LogP contribution < -0.4 is 16.1 Å². The number of nitrogens with one attached hydrogen (secondary N) is 2. The van der Waals surface area contributed by atoms with E-state index in [0.29, 0.717) is 11.3 Å². The lowest BCUT2D eigenvalue weighted by atomic mass is 10.1. The molecule has 1 aromatic heterocycles. The highest BCUT2D eigenvalue weighted by Crippen LogP contribution is 2.22. The van der Waals surface area contributed by atoms with Gasteiger partial charge in [-0.2, -0.15) is 5.10 Å². The standard InChI is InChI=1S/C22H20FN5O5/c1-14-11-19(29)21(26-27(14)17-7-2-3-8-18(17)28(32)33)22(31)25-10-9-24-20(30)13-15-5-4-6-16(23)12-15/h2-8,11-12H,9-10,13H2,1H3,(H,24,30)(H,25,31).